The van der Waals surface area contributed by atoms with Crippen LogP contribution in [0.1, 0.15) is 17.2 Å². The van der Waals surface area contributed by atoms with E-state index in [4.69, 9.17) is 0 Å². The van der Waals surface area contributed by atoms with Crippen molar-refractivity contribution in [3.05, 3.63) is 69.9 Å². The van der Waals surface area contributed by atoms with E-state index in [0.29, 0.717) is 18.7 Å². The van der Waals surface area contributed by atoms with E-state index < -0.39 is 6.10 Å². The zero-order valence-corrected chi connectivity index (χ0v) is 11.9. The lowest BCUT2D eigenvalue weighted by molar-refractivity contribution is 0.174. The van der Waals surface area contributed by atoms with Crippen LogP contribution in [0.15, 0.2) is 53.0 Å². The Morgan fingerprint density at radius 3 is 2.68 bits per heavy atom. The fourth-order valence-electron chi connectivity index (χ4n) is 1.82. The summed E-state index contributed by atoms with van der Waals surface area (Å²) < 4.78 is 14.3. The Bertz CT molecular complexity index is 547. The molecule has 0 amide bonds. The Morgan fingerprint density at radius 2 is 1.95 bits per heavy atom. The molecule has 2 nitrogen and oxygen atoms in total. The highest BCUT2D eigenvalue weighted by Crippen LogP contribution is 2.17. The molecule has 1 atom stereocenters. The van der Waals surface area contributed by atoms with Gasteiger partial charge in [0.2, 0.25) is 0 Å². The lowest BCUT2D eigenvalue weighted by Gasteiger charge is -2.13. The van der Waals surface area contributed by atoms with E-state index in [1.807, 2.05) is 24.3 Å². The number of benzene rings is 2. The average Bonchev–Trinajstić information content (AvgIpc) is 2.41. The van der Waals surface area contributed by atoms with Gasteiger partial charge in [-0.3, -0.25) is 0 Å². The summed E-state index contributed by atoms with van der Waals surface area (Å²) in [5, 5.41) is 13.1. The highest BCUT2D eigenvalue weighted by molar-refractivity contribution is 9.10. The molecule has 0 bridgehead atoms. The Morgan fingerprint density at radius 1 is 1.16 bits per heavy atom. The number of hydrogen-bond donors (Lipinski definition) is 2. The number of halogens is 2. The number of aliphatic hydroxyl groups is 1. The van der Waals surface area contributed by atoms with Gasteiger partial charge in [-0.25, -0.2) is 4.39 Å². The Hall–Kier alpha value is -1.23. The molecule has 0 radical (unpaired) electrons. The first-order valence-corrected chi connectivity index (χ1v) is 6.84. The second-order valence-corrected chi connectivity index (χ2v) is 5.21. The summed E-state index contributed by atoms with van der Waals surface area (Å²) in [4.78, 5) is 0. The molecule has 0 heterocycles. The van der Waals surface area contributed by atoms with Gasteiger partial charge in [0.05, 0.1) is 6.10 Å². The molecule has 0 aromatic heterocycles. The number of rotatable bonds is 5. The second kappa shape index (κ2) is 6.80. The van der Waals surface area contributed by atoms with Crippen molar-refractivity contribution in [1.29, 1.82) is 0 Å². The topological polar surface area (TPSA) is 32.3 Å². The van der Waals surface area contributed by atoms with Gasteiger partial charge in [0.25, 0.3) is 0 Å². The van der Waals surface area contributed by atoms with Crippen molar-refractivity contribution in [2.75, 3.05) is 6.54 Å². The molecule has 1 unspecified atom stereocenters. The number of aliphatic hydroxyl groups excluding tert-OH is 1. The zero-order chi connectivity index (χ0) is 13.7. The maximum atomic E-state index is 13.4. The van der Waals surface area contributed by atoms with Crippen molar-refractivity contribution in [3.63, 3.8) is 0 Å². The van der Waals surface area contributed by atoms with Crippen LogP contribution in [-0.4, -0.2) is 11.7 Å². The molecule has 0 aliphatic heterocycles. The van der Waals surface area contributed by atoms with E-state index in [2.05, 4.69) is 21.2 Å². The average molecular weight is 324 g/mol. The van der Waals surface area contributed by atoms with E-state index in [0.717, 1.165) is 10.0 Å². The highest BCUT2D eigenvalue weighted by Gasteiger charge is 2.08. The van der Waals surface area contributed by atoms with Crippen LogP contribution in [-0.2, 0) is 6.54 Å². The molecule has 2 aromatic rings. The third kappa shape index (κ3) is 4.13. The Balaban J connectivity index is 1.88. The van der Waals surface area contributed by atoms with Crippen molar-refractivity contribution in [2.45, 2.75) is 12.6 Å². The van der Waals surface area contributed by atoms with E-state index in [-0.39, 0.29) is 5.82 Å². The molecule has 0 fully saturated rings. The lowest BCUT2D eigenvalue weighted by Crippen LogP contribution is -2.21. The van der Waals surface area contributed by atoms with Gasteiger partial charge < -0.3 is 10.4 Å². The first-order valence-electron chi connectivity index (χ1n) is 6.04. The fourth-order valence-corrected chi connectivity index (χ4v) is 2.23. The van der Waals surface area contributed by atoms with E-state index in [1.165, 1.54) is 6.07 Å². The molecular weight excluding hydrogens is 309 g/mol. The minimum Gasteiger partial charge on any atom is -0.387 e. The molecular formula is C15H15BrFNO. The van der Waals surface area contributed by atoms with Crippen molar-refractivity contribution in [1.82, 2.24) is 5.32 Å². The molecule has 2 aromatic carbocycles. The summed E-state index contributed by atoms with van der Waals surface area (Å²) in [5.74, 6) is -0.230. The summed E-state index contributed by atoms with van der Waals surface area (Å²) in [7, 11) is 0. The summed E-state index contributed by atoms with van der Waals surface area (Å²) >= 11 is 3.36. The quantitative estimate of drug-likeness (QED) is 0.883. The summed E-state index contributed by atoms with van der Waals surface area (Å²) in [5.41, 5.74) is 1.43. The summed E-state index contributed by atoms with van der Waals surface area (Å²) in [6, 6.07) is 14.1. The minimum absolute atomic E-state index is 0.230. The van der Waals surface area contributed by atoms with Gasteiger partial charge in [-0.1, -0.05) is 46.3 Å². The maximum Gasteiger partial charge on any atom is 0.127 e. The van der Waals surface area contributed by atoms with Crippen LogP contribution in [0.25, 0.3) is 0 Å². The monoisotopic (exact) mass is 323 g/mol. The van der Waals surface area contributed by atoms with Crippen molar-refractivity contribution >= 4 is 15.9 Å². The molecule has 100 valence electrons. The predicted molar refractivity (Wildman–Crippen MR) is 77.2 cm³/mol. The van der Waals surface area contributed by atoms with Crippen LogP contribution in [0, 0.1) is 5.82 Å². The van der Waals surface area contributed by atoms with Gasteiger partial charge >= 0.3 is 0 Å². The van der Waals surface area contributed by atoms with Crippen LogP contribution >= 0.6 is 15.9 Å². The predicted octanol–water partition coefficient (Wildman–Crippen LogP) is 3.41. The van der Waals surface area contributed by atoms with Crippen molar-refractivity contribution in [2.24, 2.45) is 0 Å². The van der Waals surface area contributed by atoms with Gasteiger partial charge in [-0.15, -0.1) is 0 Å². The van der Waals surface area contributed by atoms with E-state index >= 15 is 0 Å². The van der Waals surface area contributed by atoms with E-state index in [9.17, 15) is 9.50 Å². The minimum atomic E-state index is -0.607. The smallest absolute Gasteiger partial charge is 0.127 e. The van der Waals surface area contributed by atoms with Crippen LogP contribution < -0.4 is 5.32 Å². The van der Waals surface area contributed by atoms with Gasteiger partial charge in [-0.2, -0.15) is 0 Å². The third-order valence-corrected chi connectivity index (χ3v) is 3.34. The second-order valence-electron chi connectivity index (χ2n) is 4.29. The standard InChI is InChI=1S/C15H15BrFNO/c16-13-6-3-5-11(8-13)15(19)10-18-9-12-4-1-2-7-14(12)17/h1-8,15,18-19H,9-10H2. The van der Waals surface area contributed by atoms with Gasteiger partial charge in [0.1, 0.15) is 5.82 Å². The molecule has 0 spiro atoms. The largest absolute Gasteiger partial charge is 0.387 e. The van der Waals surface area contributed by atoms with Crippen LogP contribution in [0.5, 0.6) is 0 Å². The fraction of sp³-hybridized carbons (Fsp3) is 0.200. The van der Waals surface area contributed by atoms with Gasteiger partial charge in [-0.05, 0) is 23.8 Å². The molecule has 0 aliphatic rings. The molecule has 4 heteroatoms. The van der Waals surface area contributed by atoms with Gasteiger partial charge in [0, 0.05) is 23.1 Å². The Kier molecular flexibility index (Phi) is 5.07. The SMILES string of the molecule is OC(CNCc1ccccc1F)c1cccc(Br)c1. The van der Waals surface area contributed by atoms with Crippen LogP contribution in [0.4, 0.5) is 4.39 Å². The first-order chi connectivity index (χ1) is 9.16. The summed E-state index contributed by atoms with van der Waals surface area (Å²) in [6.45, 7) is 0.780. The molecule has 19 heavy (non-hydrogen) atoms. The summed E-state index contributed by atoms with van der Waals surface area (Å²) in [6.07, 6.45) is -0.607. The van der Waals surface area contributed by atoms with Crippen molar-refractivity contribution in [3.8, 4) is 0 Å². The van der Waals surface area contributed by atoms with E-state index in [1.54, 1.807) is 18.2 Å². The normalized spacial score (nSPS) is 12.4. The highest BCUT2D eigenvalue weighted by atomic mass is 79.9. The lowest BCUT2D eigenvalue weighted by atomic mass is 10.1. The molecule has 2 N–H and O–H groups in total. The third-order valence-electron chi connectivity index (χ3n) is 2.84. The molecule has 0 aliphatic carbocycles. The first kappa shape index (κ1) is 14.2. The van der Waals surface area contributed by atoms with Crippen LogP contribution in [0.3, 0.4) is 0 Å². The Labute approximate surface area is 120 Å². The van der Waals surface area contributed by atoms with Gasteiger partial charge in [0.15, 0.2) is 0 Å². The number of hydrogen-bond acceptors (Lipinski definition) is 2. The number of nitrogens with one attached hydrogen (secondary N) is 1. The van der Waals surface area contributed by atoms with Crippen molar-refractivity contribution < 1.29 is 9.50 Å². The molecule has 2 rings (SSSR count). The maximum absolute atomic E-state index is 13.4. The van der Waals surface area contributed by atoms with Crippen LogP contribution in [0.2, 0.25) is 0 Å². The molecule has 0 saturated carbocycles. The molecule has 0 saturated heterocycles. The zero-order valence-electron chi connectivity index (χ0n) is 10.3.